The van der Waals surface area contributed by atoms with E-state index in [0.717, 1.165) is 22.6 Å². The molecule has 4 rings (SSSR count). The van der Waals surface area contributed by atoms with Crippen LogP contribution in [0.2, 0.25) is 0 Å². The molecule has 0 heterocycles. The molecule has 0 N–H and O–H groups in total. The van der Waals surface area contributed by atoms with Crippen LogP contribution in [0.25, 0.3) is 12.2 Å². The van der Waals surface area contributed by atoms with Crippen molar-refractivity contribution in [1.82, 2.24) is 0 Å². The summed E-state index contributed by atoms with van der Waals surface area (Å²) in [6, 6.07) is 9.55. The first-order valence-electron chi connectivity index (χ1n) is 14.3. The van der Waals surface area contributed by atoms with Crippen LogP contribution >= 0.6 is 15.8 Å². The van der Waals surface area contributed by atoms with Gasteiger partial charge in [-0.25, -0.2) is 0 Å². The number of hydrogen-bond donors (Lipinski definition) is 0. The van der Waals surface area contributed by atoms with Gasteiger partial charge in [0.2, 0.25) is 0 Å². The Hall–Kier alpha value is 0.243. The Labute approximate surface area is 266 Å². The van der Waals surface area contributed by atoms with Gasteiger partial charge >= 0.3 is 244 Å². The summed E-state index contributed by atoms with van der Waals surface area (Å²) < 4.78 is 1.40. The third kappa shape index (κ3) is 6.75. The van der Waals surface area contributed by atoms with Crippen molar-refractivity contribution >= 4 is 28.0 Å². The molecule has 0 saturated heterocycles. The molecule has 0 fully saturated rings. The SMILES string of the molecule is Cc1ccc(C)c2c1C=C(P(C(C)C)C(C)C)[CH]2[Zr+2][CH]1C(P(C(C)C)C(C)C)=Cc2c(C)ccc(C)c21.[Cl-].[Cl-]. The first-order valence-corrected chi connectivity index (χ1v) is 20.1. The van der Waals surface area contributed by atoms with Crippen molar-refractivity contribution in [3.05, 3.63) is 79.4 Å². The van der Waals surface area contributed by atoms with Crippen molar-refractivity contribution in [2.75, 3.05) is 0 Å². The van der Waals surface area contributed by atoms with Crippen molar-refractivity contribution in [2.24, 2.45) is 0 Å². The topological polar surface area (TPSA) is 0 Å². The van der Waals surface area contributed by atoms with Crippen LogP contribution in [-0.2, 0) is 23.2 Å². The molecule has 0 aromatic heterocycles. The molecule has 2 atom stereocenters. The molecule has 2 aromatic rings. The molecule has 0 amide bonds. The van der Waals surface area contributed by atoms with Crippen LogP contribution in [0.4, 0.5) is 0 Å². The molecular weight excluding hydrogens is 632 g/mol. The molecule has 0 saturated carbocycles. The number of halogens is 2. The fraction of sp³-hybridized carbons (Fsp3) is 0.529. The van der Waals surface area contributed by atoms with E-state index < -0.39 is 23.2 Å². The molecular formula is C34H48Cl2P2Zr. The molecule has 2 aliphatic rings. The van der Waals surface area contributed by atoms with E-state index in [2.05, 4.69) is 120 Å². The van der Waals surface area contributed by atoms with Gasteiger partial charge in [-0.3, -0.25) is 0 Å². The molecule has 0 nitrogen and oxygen atoms in total. The summed E-state index contributed by atoms with van der Waals surface area (Å²) in [6.07, 6.45) is 5.40. The first-order chi connectivity index (χ1) is 17.3. The third-order valence-electron chi connectivity index (χ3n) is 8.35. The van der Waals surface area contributed by atoms with Crippen LogP contribution in [0.5, 0.6) is 0 Å². The second-order valence-electron chi connectivity index (χ2n) is 12.4. The molecule has 39 heavy (non-hydrogen) atoms. The number of hydrogen-bond acceptors (Lipinski definition) is 0. The Morgan fingerprint density at radius 2 is 0.795 bits per heavy atom. The quantitative estimate of drug-likeness (QED) is 0.341. The zero-order chi connectivity index (χ0) is 27.3. The predicted octanol–water partition coefficient (Wildman–Crippen LogP) is 5.10. The van der Waals surface area contributed by atoms with Gasteiger partial charge < -0.3 is 24.8 Å². The molecule has 0 spiro atoms. The van der Waals surface area contributed by atoms with E-state index in [1.807, 2.05) is 10.6 Å². The Bertz CT molecular complexity index is 1130. The van der Waals surface area contributed by atoms with Crippen LogP contribution in [-0.4, -0.2) is 22.6 Å². The Kier molecular flexibility index (Phi) is 12.9. The summed E-state index contributed by atoms with van der Waals surface area (Å²) in [5.41, 5.74) is 15.5. The normalized spacial score (nSPS) is 17.9. The first kappa shape index (κ1) is 35.4. The molecule has 5 heteroatoms. The fourth-order valence-electron chi connectivity index (χ4n) is 6.95. The largest absolute Gasteiger partial charge is 1.00 e. The predicted molar refractivity (Wildman–Crippen MR) is 168 cm³/mol. The Morgan fingerprint density at radius 3 is 1.08 bits per heavy atom. The average Bonchev–Trinajstić information content (AvgIpc) is 3.34. The van der Waals surface area contributed by atoms with Gasteiger partial charge in [0.25, 0.3) is 0 Å². The number of rotatable bonds is 8. The van der Waals surface area contributed by atoms with Gasteiger partial charge in [0.1, 0.15) is 0 Å². The van der Waals surface area contributed by atoms with Gasteiger partial charge in [-0.05, 0) is 0 Å². The molecule has 0 bridgehead atoms. The standard InChI is InChI=1S/2C17H24P.2ClH.Zr/c2*1-11(2)18(12(3)4)15-9-16-13(5)7-8-14(6)17(16)10-15;;;/h2*7-12H,1-6H3;2*1H;/q;;;;+2/p-2. The minimum Gasteiger partial charge on any atom is -1.00 e. The maximum Gasteiger partial charge on any atom is -1.00 e. The zero-order valence-electron chi connectivity index (χ0n) is 26.1. The number of fused-ring (bicyclic) bond motifs is 2. The van der Waals surface area contributed by atoms with E-state index in [1.54, 1.807) is 22.3 Å². The second-order valence-corrected chi connectivity index (χ2v) is 22.9. The average molecular weight is 681 g/mol. The molecule has 0 radical (unpaired) electrons. The van der Waals surface area contributed by atoms with E-state index in [0.29, 0.717) is 7.25 Å². The summed E-state index contributed by atoms with van der Waals surface area (Å²) >= 11 is -0.936. The van der Waals surface area contributed by atoms with Gasteiger partial charge in [0.15, 0.2) is 0 Å². The Balaban J connectivity index is 0.00000267. The summed E-state index contributed by atoms with van der Waals surface area (Å²) in [5.74, 6) is 0. The van der Waals surface area contributed by atoms with E-state index in [9.17, 15) is 0 Å². The van der Waals surface area contributed by atoms with Gasteiger partial charge in [0, 0.05) is 0 Å². The van der Waals surface area contributed by atoms with E-state index in [1.165, 1.54) is 22.3 Å². The maximum atomic E-state index is 2.70. The van der Waals surface area contributed by atoms with Gasteiger partial charge in [-0.2, -0.15) is 0 Å². The summed E-state index contributed by atoms with van der Waals surface area (Å²) in [5, 5.41) is 3.69. The van der Waals surface area contributed by atoms with Crippen LogP contribution in [0.3, 0.4) is 0 Å². The van der Waals surface area contributed by atoms with Crippen molar-refractivity contribution in [3.8, 4) is 0 Å². The van der Waals surface area contributed by atoms with Crippen molar-refractivity contribution in [3.63, 3.8) is 0 Å². The van der Waals surface area contributed by atoms with Crippen LogP contribution < -0.4 is 24.8 Å². The van der Waals surface area contributed by atoms with E-state index in [4.69, 9.17) is 0 Å². The monoisotopic (exact) mass is 678 g/mol. The third-order valence-corrected chi connectivity index (χ3v) is 20.6. The van der Waals surface area contributed by atoms with Gasteiger partial charge in [-0.15, -0.1) is 0 Å². The van der Waals surface area contributed by atoms with Gasteiger partial charge in [-0.1, -0.05) is 0 Å². The second kappa shape index (κ2) is 14.1. The molecule has 2 unspecified atom stereocenters. The number of allylic oxidation sites excluding steroid dienone is 2. The fourth-order valence-corrected chi connectivity index (χ4v) is 21.0. The van der Waals surface area contributed by atoms with Crippen molar-refractivity contribution < 1.29 is 48.0 Å². The summed E-state index contributed by atoms with van der Waals surface area (Å²) in [6.45, 7) is 29.3. The molecule has 2 aromatic carbocycles. The van der Waals surface area contributed by atoms with E-state index >= 15 is 0 Å². The Morgan fingerprint density at radius 1 is 0.513 bits per heavy atom. The molecule has 0 aliphatic heterocycles. The molecule has 212 valence electrons. The smallest absolute Gasteiger partial charge is 1.00 e. The van der Waals surface area contributed by atoms with Crippen LogP contribution in [0, 0.1) is 27.7 Å². The summed E-state index contributed by atoms with van der Waals surface area (Å²) in [4.78, 5) is 0. The van der Waals surface area contributed by atoms with Gasteiger partial charge in [0.05, 0.1) is 0 Å². The zero-order valence-corrected chi connectivity index (χ0v) is 31.8. The van der Waals surface area contributed by atoms with Crippen molar-refractivity contribution in [1.29, 1.82) is 0 Å². The summed E-state index contributed by atoms with van der Waals surface area (Å²) in [7, 11) is -0.313. The minimum absolute atomic E-state index is 0. The minimum atomic E-state index is -0.936. The van der Waals surface area contributed by atoms with Crippen LogP contribution in [0.1, 0.15) is 107 Å². The molecule has 2 aliphatic carbocycles. The maximum absolute atomic E-state index is 2.70. The number of aryl methyl sites for hydroxylation is 4. The van der Waals surface area contributed by atoms with Crippen LogP contribution in [0.15, 0.2) is 34.9 Å². The van der Waals surface area contributed by atoms with E-state index in [-0.39, 0.29) is 40.7 Å². The number of benzene rings is 2. The van der Waals surface area contributed by atoms with Crippen molar-refractivity contribution in [2.45, 2.75) is 113 Å².